The summed E-state index contributed by atoms with van der Waals surface area (Å²) in [7, 11) is 0. The molecule has 0 aliphatic carbocycles. The molecule has 6 nitrogen and oxygen atoms in total. The second-order valence-corrected chi connectivity index (χ2v) is 21.7. The molecule has 0 aromatic carbocycles. The van der Waals surface area contributed by atoms with Crippen LogP contribution < -0.4 is 0 Å². The summed E-state index contributed by atoms with van der Waals surface area (Å²) in [6.07, 6.45) is 72.1. The molecule has 0 radical (unpaired) electrons. The number of hydrogen-bond donors (Lipinski definition) is 0. The van der Waals surface area contributed by atoms with Gasteiger partial charge in [-0.3, -0.25) is 14.4 Å². The first-order chi connectivity index (χ1) is 35.0. The predicted octanol–water partition coefficient (Wildman–Crippen LogP) is 21.4. The Morgan fingerprint density at radius 2 is 0.507 bits per heavy atom. The number of esters is 3. The fourth-order valence-corrected chi connectivity index (χ4v) is 9.65. The Balaban J connectivity index is 4.06. The molecule has 0 rings (SSSR count). The molecule has 0 spiro atoms. The monoisotopic (exact) mass is 999 g/mol. The van der Waals surface area contributed by atoms with Crippen molar-refractivity contribution >= 4 is 17.9 Å². The zero-order valence-corrected chi connectivity index (χ0v) is 48.0. The van der Waals surface area contributed by atoms with Crippen LogP contribution in [0.15, 0.2) is 24.3 Å². The molecule has 1 atom stereocenters. The van der Waals surface area contributed by atoms with Crippen LogP contribution in [0.3, 0.4) is 0 Å². The minimum atomic E-state index is -0.770. The number of carbonyl (C=O) groups excluding carboxylic acids is 3. The van der Waals surface area contributed by atoms with Crippen LogP contribution in [0, 0.1) is 0 Å². The van der Waals surface area contributed by atoms with E-state index in [1.165, 1.54) is 244 Å². The average molecular weight is 1000 g/mol. The van der Waals surface area contributed by atoms with Crippen LogP contribution in [0.25, 0.3) is 0 Å². The van der Waals surface area contributed by atoms with Crippen LogP contribution in [-0.4, -0.2) is 37.2 Å². The van der Waals surface area contributed by atoms with Crippen molar-refractivity contribution in [3.63, 3.8) is 0 Å². The molecule has 0 bridgehead atoms. The van der Waals surface area contributed by atoms with Crippen molar-refractivity contribution in [3.05, 3.63) is 24.3 Å². The molecule has 0 saturated carbocycles. The molecule has 0 saturated heterocycles. The molecule has 0 heterocycles. The van der Waals surface area contributed by atoms with Gasteiger partial charge in [0.05, 0.1) is 0 Å². The fourth-order valence-electron chi connectivity index (χ4n) is 9.65. The van der Waals surface area contributed by atoms with Crippen LogP contribution in [0.5, 0.6) is 0 Å². The van der Waals surface area contributed by atoms with E-state index in [4.69, 9.17) is 14.2 Å². The lowest BCUT2D eigenvalue weighted by Gasteiger charge is -2.18. The molecule has 0 N–H and O–H groups in total. The summed E-state index contributed by atoms with van der Waals surface area (Å²) in [5, 5.41) is 0. The lowest BCUT2D eigenvalue weighted by Crippen LogP contribution is -2.30. The number of hydrogen-bond acceptors (Lipinski definition) is 6. The van der Waals surface area contributed by atoms with Crippen molar-refractivity contribution < 1.29 is 28.6 Å². The van der Waals surface area contributed by atoms with Crippen molar-refractivity contribution in [2.24, 2.45) is 0 Å². The van der Waals surface area contributed by atoms with Crippen LogP contribution >= 0.6 is 0 Å². The summed E-state index contributed by atoms with van der Waals surface area (Å²) in [5.74, 6) is -0.860. The summed E-state index contributed by atoms with van der Waals surface area (Å²) in [6.45, 7) is 6.64. The van der Waals surface area contributed by atoms with Gasteiger partial charge in [0, 0.05) is 19.3 Å². The van der Waals surface area contributed by atoms with Gasteiger partial charge in [0.2, 0.25) is 0 Å². The Labute approximate surface area is 443 Å². The van der Waals surface area contributed by atoms with Gasteiger partial charge in [-0.1, -0.05) is 308 Å². The molecule has 418 valence electrons. The van der Waals surface area contributed by atoms with Crippen molar-refractivity contribution in [2.45, 2.75) is 361 Å². The molecule has 0 aliphatic rings. The summed E-state index contributed by atoms with van der Waals surface area (Å²) in [5.41, 5.74) is 0. The highest BCUT2D eigenvalue weighted by Crippen LogP contribution is 2.18. The summed E-state index contributed by atoms with van der Waals surface area (Å²) >= 11 is 0. The molecule has 0 amide bonds. The van der Waals surface area contributed by atoms with Gasteiger partial charge in [0.15, 0.2) is 6.10 Å². The number of allylic oxidation sites excluding steroid dienone is 4. The third kappa shape index (κ3) is 58.7. The minimum absolute atomic E-state index is 0.0694. The van der Waals surface area contributed by atoms with E-state index >= 15 is 0 Å². The molecular weight excluding hydrogens is 877 g/mol. The molecule has 0 aliphatic heterocycles. The Bertz CT molecular complexity index is 1150. The van der Waals surface area contributed by atoms with E-state index in [1.807, 2.05) is 0 Å². The van der Waals surface area contributed by atoms with E-state index < -0.39 is 6.10 Å². The molecule has 0 aromatic heterocycles. The van der Waals surface area contributed by atoms with Crippen molar-refractivity contribution in [1.82, 2.24) is 0 Å². The first kappa shape index (κ1) is 68.9. The SMILES string of the molecule is CCCCC/C=C\C/C=C\CCCCCCCCCC(=O)OC(COC(=O)CCCCCCCCCC)COC(=O)CCCCCCCCCCCCCCCCCCCCCCCCCCCCCC. The highest BCUT2D eigenvalue weighted by Gasteiger charge is 2.19. The van der Waals surface area contributed by atoms with Gasteiger partial charge < -0.3 is 14.2 Å². The van der Waals surface area contributed by atoms with E-state index in [1.54, 1.807) is 0 Å². The highest BCUT2D eigenvalue weighted by molar-refractivity contribution is 5.71. The smallest absolute Gasteiger partial charge is 0.306 e. The van der Waals surface area contributed by atoms with Gasteiger partial charge in [-0.25, -0.2) is 0 Å². The lowest BCUT2D eigenvalue weighted by atomic mass is 10.0. The van der Waals surface area contributed by atoms with Crippen LogP contribution in [-0.2, 0) is 28.6 Å². The molecule has 6 heteroatoms. The quantitative estimate of drug-likeness (QED) is 0.0261. The maximum atomic E-state index is 12.8. The zero-order chi connectivity index (χ0) is 51.4. The Hall–Kier alpha value is -2.11. The summed E-state index contributed by atoms with van der Waals surface area (Å²) in [6, 6.07) is 0. The van der Waals surface area contributed by atoms with E-state index in [0.29, 0.717) is 19.3 Å². The Morgan fingerprint density at radius 3 is 0.803 bits per heavy atom. The molecule has 71 heavy (non-hydrogen) atoms. The molecule has 1 unspecified atom stereocenters. The number of rotatable bonds is 59. The number of unbranched alkanes of at least 4 members (excludes halogenated alkanes) is 44. The molecular formula is C65H122O6. The first-order valence-electron chi connectivity index (χ1n) is 31.8. The summed E-state index contributed by atoms with van der Waals surface area (Å²) in [4.78, 5) is 38.1. The van der Waals surface area contributed by atoms with Crippen LogP contribution in [0.1, 0.15) is 355 Å². The van der Waals surface area contributed by atoms with E-state index in [-0.39, 0.29) is 31.1 Å². The normalized spacial score (nSPS) is 12.1. The van der Waals surface area contributed by atoms with Gasteiger partial charge in [0.1, 0.15) is 13.2 Å². The Kier molecular flexibility index (Phi) is 58.6. The van der Waals surface area contributed by atoms with Crippen molar-refractivity contribution in [1.29, 1.82) is 0 Å². The second kappa shape index (κ2) is 60.4. The van der Waals surface area contributed by atoms with Gasteiger partial charge in [-0.2, -0.15) is 0 Å². The first-order valence-corrected chi connectivity index (χ1v) is 31.8. The fraction of sp³-hybridized carbons (Fsp3) is 0.892. The third-order valence-electron chi connectivity index (χ3n) is 14.5. The average Bonchev–Trinajstić information content (AvgIpc) is 3.37. The lowest BCUT2D eigenvalue weighted by molar-refractivity contribution is -0.167. The maximum absolute atomic E-state index is 12.8. The van der Waals surface area contributed by atoms with Gasteiger partial charge in [-0.15, -0.1) is 0 Å². The highest BCUT2D eigenvalue weighted by atomic mass is 16.6. The predicted molar refractivity (Wildman–Crippen MR) is 307 cm³/mol. The second-order valence-electron chi connectivity index (χ2n) is 21.7. The molecule has 0 fully saturated rings. The van der Waals surface area contributed by atoms with E-state index in [0.717, 1.165) is 70.6 Å². The third-order valence-corrected chi connectivity index (χ3v) is 14.5. The number of carbonyl (C=O) groups is 3. The van der Waals surface area contributed by atoms with Crippen molar-refractivity contribution in [2.75, 3.05) is 13.2 Å². The van der Waals surface area contributed by atoms with E-state index in [2.05, 4.69) is 45.1 Å². The standard InChI is InChI=1S/C65H122O6/c1-4-7-10-13-16-19-21-23-25-27-28-29-30-31-32-33-34-35-36-37-39-40-42-44-46-49-52-55-58-64(67)70-61-62(60-69-63(66)57-54-51-48-18-15-12-9-6-3)71-65(68)59-56-53-50-47-45-43-41-38-26-24-22-20-17-14-11-8-5-2/h17,20,24,26,62H,4-16,18-19,21-23,25,27-61H2,1-3H3/b20-17-,26-24-. The van der Waals surface area contributed by atoms with Crippen LogP contribution in [0.2, 0.25) is 0 Å². The largest absolute Gasteiger partial charge is 0.462 e. The zero-order valence-electron chi connectivity index (χ0n) is 48.0. The number of ether oxygens (including phenoxy) is 3. The Morgan fingerprint density at radius 1 is 0.282 bits per heavy atom. The maximum Gasteiger partial charge on any atom is 0.306 e. The van der Waals surface area contributed by atoms with Crippen molar-refractivity contribution in [3.8, 4) is 0 Å². The van der Waals surface area contributed by atoms with Gasteiger partial charge in [0.25, 0.3) is 0 Å². The van der Waals surface area contributed by atoms with Gasteiger partial charge in [-0.05, 0) is 51.4 Å². The van der Waals surface area contributed by atoms with Crippen LogP contribution in [0.4, 0.5) is 0 Å². The molecule has 0 aromatic rings. The minimum Gasteiger partial charge on any atom is -0.462 e. The topological polar surface area (TPSA) is 78.9 Å². The van der Waals surface area contributed by atoms with Gasteiger partial charge >= 0.3 is 17.9 Å². The van der Waals surface area contributed by atoms with E-state index in [9.17, 15) is 14.4 Å². The summed E-state index contributed by atoms with van der Waals surface area (Å²) < 4.78 is 16.8.